The van der Waals surface area contributed by atoms with E-state index < -0.39 is 0 Å². The second-order valence-corrected chi connectivity index (χ2v) is 7.71. The topological polar surface area (TPSA) is 64.7 Å². The number of carbonyl (C=O) groups is 1. The molecule has 2 aromatic heterocycles. The SMILES string of the molecule is Cc1nccn1CCNC(=O)c1nn(-c2cccc(Br)c2)c2c1CCCC2. The van der Waals surface area contributed by atoms with Crippen molar-refractivity contribution in [2.75, 3.05) is 6.54 Å². The van der Waals surface area contributed by atoms with E-state index in [1.807, 2.05) is 46.6 Å². The average molecular weight is 428 g/mol. The molecule has 0 spiro atoms. The highest BCUT2D eigenvalue weighted by atomic mass is 79.9. The van der Waals surface area contributed by atoms with E-state index in [1.54, 1.807) is 6.20 Å². The molecule has 0 atom stereocenters. The fourth-order valence-corrected chi connectivity index (χ4v) is 4.00. The van der Waals surface area contributed by atoms with Crippen molar-refractivity contribution in [1.82, 2.24) is 24.6 Å². The number of halogens is 1. The lowest BCUT2D eigenvalue weighted by atomic mass is 9.95. The number of imidazole rings is 1. The number of benzene rings is 1. The Morgan fingerprint density at radius 2 is 2.15 bits per heavy atom. The number of aryl methyl sites for hydroxylation is 1. The van der Waals surface area contributed by atoms with Crippen LogP contribution in [0.5, 0.6) is 0 Å². The van der Waals surface area contributed by atoms with Crippen molar-refractivity contribution in [3.05, 3.63) is 63.9 Å². The number of fused-ring (bicyclic) bond motifs is 1. The van der Waals surface area contributed by atoms with Crippen LogP contribution < -0.4 is 5.32 Å². The molecular formula is C20H22BrN5O. The summed E-state index contributed by atoms with van der Waals surface area (Å²) < 4.78 is 4.96. The number of rotatable bonds is 5. The van der Waals surface area contributed by atoms with E-state index in [2.05, 4.69) is 26.2 Å². The quantitative estimate of drug-likeness (QED) is 0.677. The number of nitrogens with zero attached hydrogens (tertiary/aromatic N) is 4. The zero-order valence-corrected chi connectivity index (χ0v) is 16.9. The Kier molecular flexibility index (Phi) is 5.11. The minimum absolute atomic E-state index is 0.0975. The summed E-state index contributed by atoms with van der Waals surface area (Å²) in [4.78, 5) is 17.0. The molecule has 0 fully saturated rings. The first kappa shape index (κ1) is 18.0. The standard InChI is InChI=1S/C20H22BrN5O/c1-14-22-9-11-25(14)12-10-23-20(27)19-17-7-2-3-8-18(17)26(24-19)16-6-4-5-15(21)13-16/h4-6,9,11,13H,2-3,7-8,10,12H2,1H3,(H,23,27). The van der Waals surface area contributed by atoms with Crippen molar-refractivity contribution in [3.8, 4) is 5.69 Å². The lowest BCUT2D eigenvalue weighted by Gasteiger charge is -2.14. The van der Waals surface area contributed by atoms with Crippen LogP contribution in [0, 0.1) is 6.92 Å². The Morgan fingerprint density at radius 3 is 2.93 bits per heavy atom. The summed E-state index contributed by atoms with van der Waals surface area (Å²) in [6.45, 7) is 3.21. The van der Waals surface area contributed by atoms with Gasteiger partial charge in [0.1, 0.15) is 5.82 Å². The molecule has 1 N–H and O–H groups in total. The van der Waals surface area contributed by atoms with Gasteiger partial charge >= 0.3 is 0 Å². The van der Waals surface area contributed by atoms with E-state index in [-0.39, 0.29) is 5.91 Å². The van der Waals surface area contributed by atoms with E-state index in [4.69, 9.17) is 5.10 Å². The highest BCUT2D eigenvalue weighted by Crippen LogP contribution is 2.27. The summed E-state index contributed by atoms with van der Waals surface area (Å²) in [5, 5.41) is 7.72. The van der Waals surface area contributed by atoms with Crippen molar-refractivity contribution in [1.29, 1.82) is 0 Å². The van der Waals surface area contributed by atoms with E-state index >= 15 is 0 Å². The largest absolute Gasteiger partial charge is 0.349 e. The fourth-order valence-electron chi connectivity index (χ4n) is 3.62. The first-order valence-electron chi connectivity index (χ1n) is 9.26. The Hall–Kier alpha value is -2.41. The van der Waals surface area contributed by atoms with Gasteiger partial charge in [-0.2, -0.15) is 5.10 Å². The molecule has 1 aliphatic rings. The second-order valence-electron chi connectivity index (χ2n) is 6.80. The molecule has 1 aliphatic carbocycles. The molecule has 0 radical (unpaired) electrons. The molecule has 0 unspecified atom stereocenters. The third-order valence-electron chi connectivity index (χ3n) is 5.01. The maximum Gasteiger partial charge on any atom is 0.272 e. The Labute approximate surface area is 166 Å². The predicted molar refractivity (Wildman–Crippen MR) is 107 cm³/mol. The van der Waals surface area contributed by atoms with Gasteiger partial charge in [-0.15, -0.1) is 0 Å². The lowest BCUT2D eigenvalue weighted by molar-refractivity contribution is 0.0945. The number of hydrogen-bond donors (Lipinski definition) is 1. The summed E-state index contributed by atoms with van der Waals surface area (Å²) in [5.41, 5.74) is 3.80. The fraction of sp³-hybridized carbons (Fsp3) is 0.350. The zero-order valence-electron chi connectivity index (χ0n) is 15.3. The van der Waals surface area contributed by atoms with E-state index in [0.29, 0.717) is 18.8 Å². The highest BCUT2D eigenvalue weighted by molar-refractivity contribution is 9.10. The summed E-state index contributed by atoms with van der Waals surface area (Å²) in [6.07, 6.45) is 7.79. The van der Waals surface area contributed by atoms with Crippen LogP contribution in [-0.2, 0) is 19.4 Å². The van der Waals surface area contributed by atoms with Gasteiger partial charge in [-0.05, 0) is 50.8 Å². The van der Waals surface area contributed by atoms with E-state index in [0.717, 1.165) is 52.9 Å². The first-order valence-corrected chi connectivity index (χ1v) is 10.1. The van der Waals surface area contributed by atoms with Crippen LogP contribution in [0.2, 0.25) is 0 Å². The number of aromatic nitrogens is 4. The van der Waals surface area contributed by atoms with E-state index in [1.165, 1.54) is 0 Å². The molecule has 0 bridgehead atoms. The molecule has 140 valence electrons. The predicted octanol–water partition coefficient (Wildman–Crippen LogP) is 3.45. The maximum atomic E-state index is 12.8. The summed E-state index contributed by atoms with van der Waals surface area (Å²) in [7, 11) is 0. The zero-order chi connectivity index (χ0) is 18.8. The Balaban J connectivity index is 1.57. The summed E-state index contributed by atoms with van der Waals surface area (Å²) in [5.74, 6) is 0.847. The third kappa shape index (κ3) is 3.69. The van der Waals surface area contributed by atoms with Crippen LogP contribution in [0.4, 0.5) is 0 Å². The molecule has 6 nitrogen and oxygen atoms in total. The maximum absolute atomic E-state index is 12.8. The molecule has 1 amide bonds. The lowest BCUT2D eigenvalue weighted by Crippen LogP contribution is -2.28. The van der Waals surface area contributed by atoms with Gasteiger partial charge in [0.25, 0.3) is 5.91 Å². The van der Waals surface area contributed by atoms with Gasteiger partial charge in [0.05, 0.1) is 5.69 Å². The van der Waals surface area contributed by atoms with E-state index in [9.17, 15) is 4.79 Å². The molecule has 4 rings (SSSR count). The van der Waals surface area contributed by atoms with Gasteiger partial charge in [-0.25, -0.2) is 9.67 Å². The second kappa shape index (κ2) is 7.68. The van der Waals surface area contributed by atoms with Crippen LogP contribution in [-0.4, -0.2) is 31.8 Å². The van der Waals surface area contributed by atoms with Gasteiger partial charge < -0.3 is 9.88 Å². The highest BCUT2D eigenvalue weighted by Gasteiger charge is 2.25. The van der Waals surface area contributed by atoms with Crippen molar-refractivity contribution < 1.29 is 4.79 Å². The van der Waals surface area contributed by atoms with Crippen LogP contribution in [0.25, 0.3) is 5.69 Å². The monoisotopic (exact) mass is 427 g/mol. The molecule has 2 heterocycles. The summed E-state index contributed by atoms with van der Waals surface area (Å²) in [6, 6.07) is 8.04. The molecule has 0 saturated carbocycles. The Morgan fingerprint density at radius 1 is 1.30 bits per heavy atom. The van der Waals surface area contributed by atoms with Crippen molar-refractivity contribution in [2.24, 2.45) is 0 Å². The molecular weight excluding hydrogens is 406 g/mol. The minimum Gasteiger partial charge on any atom is -0.349 e. The Bertz CT molecular complexity index is 975. The third-order valence-corrected chi connectivity index (χ3v) is 5.50. The molecule has 27 heavy (non-hydrogen) atoms. The van der Waals surface area contributed by atoms with Crippen LogP contribution >= 0.6 is 15.9 Å². The van der Waals surface area contributed by atoms with Crippen molar-refractivity contribution in [2.45, 2.75) is 39.2 Å². The normalized spacial score (nSPS) is 13.4. The molecule has 3 aromatic rings. The molecule has 0 aliphatic heterocycles. The van der Waals surface area contributed by atoms with Crippen molar-refractivity contribution in [3.63, 3.8) is 0 Å². The molecule has 0 saturated heterocycles. The van der Waals surface area contributed by atoms with Gasteiger partial charge in [-0.3, -0.25) is 4.79 Å². The number of nitrogens with one attached hydrogen (secondary N) is 1. The molecule has 7 heteroatoms. The van der Waals surface area contributed by atoms with Crippen LogP contribution in [0.3, 0.4) is 0 Å². The first-order chi connectivity index (χ1) is 13.1. The van der Waals surface area contributed by atoms with Crippen molar-refractivity contribution >= 4 is 21.8 Å². The van der Waals surface area contributed by atoms with Gasteiger partial charge in [0.15, 0.2) is 5.69 Å². The smallest absolute Gasteiger partial charge is 0.272 e. The minimum atomic E-state index is -0.0975. The van der Waals surface area contributed by atoms with Gasteiger partial charge in [0.2, 0.25) is 0 Å². The number of carbonyl (C=O) groups excluding carboxylic acids is 1. The number of amides is 1. The average Bonchev–Trinajstić information content (AvgIpc) is 3.25. The number of hydrogen-bond acceptors (Lipinski definition) is 3. The van der Waals surface area contributed by atoms with Crippen LogP contribution in [0.1, 0.15) is 40.4 Å². The van der Waals surface area contributed by atoms with Gasteiger partial charge in [-0.1, -0.05) is 22.0 Å². The molecule has 1 aromatic carbocycles. The van der Waals surface area contributed by atoms with Crippen LogP contribution in [0.15, 0.2) is 41.1 Å². The van der Waals surface area contributed by atoms with Gasteiger partial charge in [0, 0.05) is 41.2 Å². The summed E-state index contributed by atoms with van der Waals surface area (Å²) >= 11 is 3.52.